The Kier molecular flexibility index (Phi) is 7.68. The van der Waals surface area contributed by atoms with Crippen LogP contribution in [0.3, 0.4) is 0 Å². The zero-order chi connectivity index (χ0) is 20.2. The third-order valence-corrected chi connectivity index (χ3v) is 5.64. The molecule has 0 fully saturated rings. The fourth-order valence-electron chi connectivity index (χ4n) is 3.61. The van der Waals surface area contributed by atoms with Crippen LogP contribution in [0.15, 0.2) is 72.9 Å². The number of hydrogen-bond acceptors (Lipinski definition) is 2. The maximum Gasteiger partial charge on any atom is 0.123 e. The van der Waals surface area contributed by atoms with E-state index in [2.05, 4.69) is 46.4 Å². The van der Waals surface area contributed by atoms with Gasteiger partial charge in [-0.3, -0.25) is 0 Å². The lowest BCUT2D eigenvalue weighted by atomic mass is 10.1. The molecule has 0 unspecified atom stereocenters. The third-order valence-electron chi connectivity index (χ3n) is 5.05. The van der Waals surface area contributed by atoms with E-state index in [9.17, 15) is 0 Å². The number of fused-ring (bicyclic) bond motifs is 1. The Balaban J connectivity index is 0.00000256. The lowest BCUT2D eigenvalue weighted by molar-refractivity contribution is 0.407. The first-order valence-corrected chi connectivity index (χ1v) is 10.2. The summed E-state index contributed by atoms with van der Waals surface area (Å²) in [5.74, 6) is 0.903. The van der Waals surface area contributed by atoms with Crippen molar-refractivity contribution in [1.82, 2.24) is 9.88 Å². The van der Waals surface area contributed by atoms with Crippen LogP contribution in [0, 0.1) is 0 Å². The van der Waals surface area contributed by atoms with E-state index in [1.54, 1.807) is 13.2 Å². The largest absolute Gasteiger partial charge is 0.496 e. The van der Waals surface area contributed by atoms with Gasteiger partial charge in [-0.15, -0.1) is 12.4 Å². The summed E-state index contributed by atoms with van der Waals surface area (Å²) in [6, 6.07) is 22.2. The molecule has 4 aromatic rings. The fourth-order valence-corrected chi connectivity index (χ4v) is 4.08. The highest BCUT2D eigenvalue weighted by Crippen LogP contribution is 2.26. The van der Waals surface area contributed by atoms with Crippen molar-refractivity contribution in [1.29, 1.82) is 0 Å². The number of benzene rings is 3. The number of methoxy groups -OCH3 is 1. The zero-order valence-corrected chi connectivity index (χ0v) is 18.9. The van der Waals surface area contributed by atoms with E-state index in [0.29, 0.717) is 16.6 Å². The first kappa shape index (κ1) is 22.5. The second-order valence-corrected chi connectivity index (χ2v) is 7.79. The highest BCUT2D eigenvalue weighted by molar-refractivity contribution is 6.35. The summed E-state index contributed by atoms with van der Waals surface area (Å²) in [6.07, 6.45) is 2.20. The van der Waals surface area contributed by atoms with Gasteiger partial charge >= 0.3 is 0 Å². The molecule has 0 bridgehead atoms. The second kappa shape index (κ2) is 10.2. The Morgan fingerprint density at radius 2 is 1.60 bits per heavy atom. The van der Waals surface area contributed by atoms with Gasteiger partial charge in [-0.05, 0) is 35.4 Å². The number of nitrogens with one attached hydrogen (secondary N) is 1. The molecule has 0 atom stereocenters. The van der Waals surface area contributed by atoms with Crippen LogP contribution < -0.4 is 10.1 Å². The number of para-hydroxylation sites is 2. The first-order valence-electron chi connectivity index (χ1n) is 9.49. The highest BCUT2D eigenvalue weighted by Gasteiger charge is 2.10. The van der Waals surface area contributed by atoms with E-state index < -0.39 is 0 Å². The SMILES string of the molecule is COc1ccccc1CNCc1cn(Cc2ccc(Cl)cc2Cl)c2ccccc12.Cl. The van der Waals surface area contributed by atoms with Gasteiger partial charge in [0.2, 0.25) is 0 Å². The lowest BCUT2D eigenvalue weighted by Crippen LogP contribution is -2.13. The van der Waals surface area contributed by atoms with Crippen LogP contribution in [-0.4, -0.2) is 11.7 Å². The molecule has 0 radical (unpaired) electrons. The number of halogens is 3. The molecule has 4 rings (SSSR count). The Morgan fingerprint density at radius 3 is 2.40 bits per heavy atom. The minimum atomic E-state index is 0. The smallest absolute Gasteiger partial charge is 0.123 e. The molecule has 0 saturated heterocycles. The monoisotopic (exact) mass is 460 g/mol. The van der Waals surface area contributed by atoms with Gasteiger partial charge in [0.25, 0.3) is 0 Å². The van der Waals surface area contributed by atoms with Crippen molar-refractivity contribution in [3.05, 3.63) is 99.7 Å². The van der Waals surface area contributed by atoms with Gasteiger partial charge in [-0.25, -0.2) is 0 Å². The summed E-state index contributed by atoms with van der Waals surface area (Å²) < 4.78 is 7.68. The van der Waals surface area contributed by atoms with E-state index in [1.165, 1.54) is 16.5 Å². The number of aromatic nitrogens is 1. The van der Waals surface area contributed by atoms with E-state index >= 15 is 0 Å². The van der Waals surface area contributed by atoms with Gasteiger partial charge < -0.3 is 14.6 Å². The summed E-state index contributed by atoms with van der Waals surface area (Å²) in [4.78, 5) is 0. The van der Waals surface area contributed by atoms with Crippen molar-refractivity contribution in [2.45, 2.75) is 19.6 Å². The van der Waals surface area contributed by atoms with Crippen LogP contribution >= 0.6 is 35.6 Å². The van der Waals surface area contributed by atoms with Crippen LogP contribution in [0.4, 0.5) is 0 Å². The quantitative estimate of drug-likeness (QED) is 0.331. The molecule has 0 amide bonds. The topological polar surface area (TPSA) is 26.2 Å². The Labute approximate surface area is 193 Å². The van der Waals surface area contributed by atoms with Gasteiger partial charge in [0.1, 0.15) is 5.75 Å². The Hall–Kier alpha value is -2.17. The van der Waals surface area contributed by atoms with Gasteiger partial charge in [0, 0.05) is 52.3 Å². The van der Waals surface area contributed by atoms with Crippen LogP contribution in [0.5, 0.6) is 5.75 Å². The van der Waals surface area contributed by atoms with Crippen molar-refractivity contribution in [3.63, 3.8) is 0 Å². The molecule has 6 heteroatoms. The third kappa shape index (κ3) is 4.93. The molecule has 1 aromatic heterocycles. The lowest BCUT2D eigenvalue weighted by Gasteiger charge is -2.09. The average Bonchev–Trinajstić information content (AvgIpc) is 3.08. The molecule has 3 nitrogen and oxygen atoms in total. The maximum absolute atomic E-state index is 6.40. The molecule has 0 aliphatic carbocycles. The molecule has 3 aromatic carbocycles. The van der Waals surface area contributed by atoms with Gasteiger partial charge in [-0.1, -0.05) is 65.7 Å². The summed E-state index contributed by atoms with van der Waals surface area (Å²) in [5, 5.41) is 6.12. The molecule has 0 saturated carbocycles. The molecule has 1 N–H and O–H groups in total. The van der Waals surface area contributed by atoms with E-state index in [4.69, 9.17) is 27.9 Å². The van der Waals surface area contributed by atoms with Crippen molar-refractivity contribution in [2.75, 3.05) is 7.11 Å². The average molecular weight is 462 g/mol. The van der Waals surface area contributed by atoms with E-state index in [1.807, 2.05) is 30.3 Å². The van der Waals surface area contributed by atoms with Crippen LogP contribution in [0.1, 0.15) is 16.7 Å². The minimum absolute atomic E-state index is 0. The van der Waals surface area contributed by atoms with Crippen molar-refractivity contribution >= 4 is 46.5 Å². The number of hydrogen-bond donors (Lipinski definition) is 1. The predicted octanol–water partition coefficient (Wildman–Crippen LogP) is 6.72. The second-order valence-electron chi connectivity index (χ2n) is 6.95. The van der Waals surface area contributed by atoms with E-state index in [0.717, 1.165) is 30.0 Å². The van der Waals surface area contributed by atoms with Crippen LogP contribution in [0.25, 0.3) is 10.9 Å². The summed E-state index contributed by atoms with van der Waals surface area (Å²) in [6.45, 7) is 2.20. The van der Waals surface area contributed by atoms with Crippen molar-refractivity contribution in [2.24, 2.45) is 0 Å². The predicted molar refractivity (Wildman–Crippen MR) is 128 cm³/mol. The van der Waals surface area contributed by atoms with Gasteiger partial charge in [0.15, 0.2) is 0 Å². The molecule has 156 valence electrons. The first-order chi connectivity index (χ1) is 14.2. The Bertz CT molecular complexity index is 1140. The Morgan fingerprint density at radius 1 is 0.867 bits per heavy atom. The molecule has 1 heterocycles. The van der Waals surface area contributed by atoms with Gasteiger partial charge in [0.05, 0.1) is 7.11 Å². The van der Waals surface area contributed by atoms with Crippen LogP contribution in [-0.2, 0) is 19.6 Å². The maximum atomic E-state index is 6.40. The molecular formula is C24H23Cl3N2O. The standard InChI is InChI=1S/C24H22Cl2N2O.ClH/c1-29-24-9-5-2-6-17(24)13-27-14-19-16-28(23-8-4-3-7-21(19)23)15-18-10-11-20(25)12-22(18)26;/h2-12,16,27H,13-15H2,1H3;1H. The molecular weight excluding hydrogens is 439 g/mol. The minimum Gasteiger partial charge on any atom is -0.496 e. The number of nitrogens with zero attached hydrogens (tertiary/aromatic N) is 1. The number of rotatable bonds is 7. The molecule has 30 heavy (non-hydrogen) atoms. The molecule has 0 spiro atoms. The molecule has 0 aliphatic rings. The van der Waals surface area contributed by atoms with Gasteiger partial charge in [-0.2, -0.15) is 0 Å². The van der Waals surface area contributed by atoms with E-state index in [-0.39, 0.29) is 12.4 Å². The van der Waals surface area contributed by atoms with Crippen molar-refractivity contribution < 1.29 is 4.74 Å². The number of ether oxygens (including phenoxy) is 1. The fraction of sp³-hybridized carbons (Fsp3) is 0.167. The summed E-state index contributed by atoms with van der Waals surface area (Å²) in [7, 11) is 1.70. The summed E-state index contributed by atoms with van der Waals surface area (Å²) in [5.41, 5.74) is 4.63. The molecule has 0 aliphatic heterocycles. The zero-order valence-electron chi connectivity index (χ0n) is 16.6. The van der Waals surface area contributed by atoms with Crippen molar-refractivity contribution in [3.8, 4) is 5.75 Å². The van der Waals surface area contributed by atoms with Crippen LogP contribution in [0.2, 0.25) is 10.0 Å². The normalized spacial score (nSPS) is 10.8. The summed E-state index contributed by atoms with van der Waals surface area (Å²) >= 11 is 12.4. The highest BCUT2D eigenvalue weighted by atomic mass is 35.5.